The molecule has 0 atom stereocenters. The monoisotopic (exact) mass is 467 g/mol. The lowest BCUT2D eigenvalue weighted by molar-refractivity contribution is -0.384. The van der Waals surface area contributed by atoms with Crippen LogP contribution in [0.4, 0.5) is 5.69 Å². The molecule has 0 saturated carbocycles. The minimum absolute atomic E-state index is 0.124. The summed E-state index contributed by atoms with van der Waals surface area (Å²) in [6.45, 7) is -0.320. The van der Waals surface area contributed by atoms with E-state index in [-0.39, 0.29) is 23.1 Å². The van der Waals surface area contributed by atoms with Crippen molar-refractivity contribution >= 4 is 52.6 Å². The van der Waals surface area contributed by atoms with Crippen LogP contribution < -0.4 is 10.2 Å². The van der Waals surface area contributed by atoms with Gasteiger partial charge in [-0.05, 0) is 30.3 Å². The molecule has 2 aromatic carbocycles. The summed E-state index contributed by atoms with van der Waals surface area (Å²) in [5.41, 5.74) is 2.64. The zero-order valence-corrected chi connectivity index (χ0v) is 17.2. The molecule has 8 nitrogen and oxygen atoms in total. The standard InChI is InChI=1S/C19H12Cl3N3O5/c20-11-1-5-15(21)18(7-11)29-10-19(26)24-23-9-13-3-6-17(30-13)14-4-2-12(25(27)28)8-16(14)22/h1-9H,10H2,(H,24,26)/b23-9+. The molecule has 30 heavy (non-hydrogen) atoms. The van der Waals surface area contributed by atoms with Gasteiger partial charge in [0.25, 0.3) is 11.6 Å². The SMILES string of the molecule is O=C(COc1cc(Cl)ccc1Cl)N/N=C/c1ccc(-c2ccc([N+](=O)[O-])cc2Cl)o1. The summed E-state index contributed by atoms with van der Waals surface area (Å²) in [7, 11) is 0. The highest BCUT2D eigenvalue weighted by molar-refractivity contribution is 6.34. The van der Waals surface area contributed by atoms with E-state index in [1.807, 2.05) is 0 Å². The first kappa shape index (κ1) is 21.6. The zero-order valence-electron chi connectivity index (χ0n) is 15.0. The Morgan fingerprint density at radius 3 is 2.67 bits per heavy atom. The van der Waals surface area contributed by atoms with E-state index < -0.39 is 10.8 Å². The summed E-state index contributed by atoms with van der Waals surface area (Å²) >= 11 is 17.9. The third-order valence-corrected chi connectivity index (χ3v) is 4.55. The maximum Gasteiger partial charge on any atom is 0.277 e. The predicted molar refractivity (Wildman–Crippen MR) is 114 cm³/mol. The number of nitro benzene ring substituents is 1. The molecule has 0 bridgehead atoms. The lowest BCUT2D eigenvalue weighted by Gasteiger charge is -2.07. The zero-order chi connectivity index (χ0) is 21.7. The van der Waals surface area contributed by atoms with Crippen LogP contribution >= 0.6 is 34.8 Å². The fourth-order valence-electron chi connectivity index (χ4n) is 2.32. The van der Waals surface area contributed by atoms with Crippen molar-refractivity contribution in [1.82, 2.24) is 5.43 Å². The van der Waals surface area contributed by atoms with Crippen LogP contribution in [0.15, 0.2) is 58.0 Å². The number of non-ortho nitro benzene ring substituents is 1. The number of hydrogen-bond acceptors (Lipinski definition) is 6. The Labute approximate surface area is 185 Å². The third kappa shape index (κ3) is 5.50. The first-order valence-corrected chi connectivity index (χ1v) is 9.41. The first-order chi connectivity index (χ1) is 14.3. The quantitative estimate of drug-likeness (QED) is 0.286. The lowest BCUT2D eigenvalue weighted by atomic mass is 10.1. The summed E-state index contributed by atoms with van der Waals surface area (Å²) in [6, 6.07) is 11.9. The molecule has 1 aromatic heterocycles. The molecule has 0 aliphatic rings. The van der Waals surface area contributed by atoms with E-state index in [9.17, 15) is 14.9 Å². The minimum Gasteiger partial charge on any atom is -0.482 e. The third-order valence-electron chi connectivity index (χ3n) is 3.69. The maximum absolute atomic E-state index is 11.8. The van der Waals surface area contributed by atoms with Crippen molar-refractivity contribution in [3.63, 3.8) is 0 Å². The number of nitro groups is 1. The normalized spacial score (nSPS) is 10.9. The van der Waals surface area contributed by atoms with Crippen LogP contribution in [0.2, 0.25) is 15.1 Å². The Bertz CT molecular complexity index is 1130. The van der Waals surface area contributed by atoms with Gasteiger partial charge in [0.15, 0.2) is 6.61 Å². The summed E-state index contributed by atoms with van der Waals surface area (Å²) in [5.74, 6) is 0.478. The number of nitrogens with zero attached hydrogens (tertiary/aromatic N) is 2. The van der Waals surface area contributed by atoms with Crippen molar-refractivity contribution in [2.45, 2.75) is 0 Å². The minimum atomic E-state index is -0.539. The Morgan fingerprint density at radius 1 is 1.13 bits per heavy atom. The maximum atomic E-state index is 11.8. The molecule has 1 N–H and O–H groups in total. The van der Waals surface area contributed by atoms with Gasteiger partial charge in [-0.25, -0.2) is 5.43 Å². The smallest absolute Gasteiger partial charge is 0.277 e. The largest absolute Gasteiger partial charge is 0.482 e. The van der Waals surface area contributed by atoms with Crippen molar-refractivity contribution in [3.05, 3.63) is 79.5 Å². The van der Waals surface area contributed by atoms with E-state index in [2.05, 4.69) is 10.5 Å². The molecule has 3 rings (SSSR count). The van der Waals surface area contributed by atoms with Crippen LogP contribution in [0, 0.1) is 10.1 Å². The number of ether oxygens (including phenoxy) is 1. The molecule has 0 fully saturated rings. The second kappa shape index (κ2) is 9.62. The summed E-state index contributed by atoms with van der Waals surface area (Å²) in [5, 5.41) is 15.5. The van der Waals surface area contributed by atoms with Gasteiger partial charge in [-0.2, -0.15) is 5.10 Å². The molecule has 11 heteroatoms. The number of rotatable bonds is 7. The van der Waals surface area contributed by atoms with Gasteiger partial charge in [0.1, 0.15) is 17.3 Å². The number of carbonyl (C=O) groups excluding carboxylic acids is 1. The average molecular weight is 469 g/mol. The van der Waals surface area contributed by atoms with Gasteiger partial charge in [-0.1, -0.05) is 34.8 Å². The fraction of sp³-hybridized carbons (Fsp3) is 0.0526. The van der Waals surface area contributed by atoms with Gasteiger partial charge < -0.3 is 9.15 Å². The highest BCUT2D eigenvalue weighted by Gasteiger charge is 2.13. The number of amides is 1. The van der Waals surface area contributed by atoms with E-state index in [4.69, 9.17) is 44.0 Å². The number of furan rings is 1. The Morgan fingerprint density at radius 2 is 1.93 bits per heavy atom. The van der Waals surface area contributed by atoms with Gasteiger partial charge >= 0.3 is 0 Å². The summed E-state index contributed by atoms with van der Waals surface area (Å²) < 4.78 is 10.9. The van der Waals surface area contributed by atoms with Crippen molar-refractivity contribution in [2.24, 2.45) is 5.10 Å². The predicted octanol–water partition coefficient (Wildman–Crippen LogP) is 5.34. The highest BCUT2D eigenvalue weighted by Crippen LogP contribution is 2.32. The molecule has 1 amide bonds. The van der Waals surface area contributed by atoms with Gasteiger partial charge in [0, 0.05) is 28.8 Å². The van der Waals surface area contributed by atoms with Gasteiger partial charge in [0.2, 0.25) is 0 Å². The molecule has 0 radical (unpaired) electrons. The average Bonchev–Trinajstić information content (AvgIpc) is 3.17. The number of nitrogens with one attached hydrogen (secondary N) is 1. The second-order valence-electron chi connectivity index (χ2n) is 5.78. The first-order valence-electron chi connectivity index (χ1n) is 8.27. The van der Waals surface area contributed by atoms with Crippen LogP contribution in [0.3, 0.4) is 0 Å². The van der Waals surface area contributed by atoms with Crippen molar-refractivity contribution in [2.75, 3.05) is 6.61 Å². The highest BCUT2D eigenvalue weighted by atomic mass is 35.5. The van der Waals surface area contributed by atoms with Crippen molar-refractivity contribution < 1.29 is 18.9 Å². The van der Waals surface area contributed by atoms with E-state index >= 15 is 0 Å². The molecule has 0 saturated heterocycles. The van der Waals surface area contributed by atoms with Gasteiger partial charge in [-0.15, -0.1) is 0 Å². The number of benzene rings is 2. The molecule has 0 spiro atoms. The van der Waals surface area contributed by atoms with E-state index in [1.54, 1.807) is 24.3 Å². The van der Waals surface area contributed by atoms with E-state index in [1.165, 1.54) is 30.5 Å². The molecule has 154 valence electrons. The molecular formula is C19H12Cl3N3O5. The number of hydrogen-bond donors (Lipinski definition) is 1. The molecular weight excluding hydrogens is 457 g/mol. The number of carbonyl (C=O) groups is 1. The molecule has 0 aliphatic heterocycles. The van der Waals surface area contributed by atoms with Crippen LogP contribution in [-0.2, 0) is 4.79 Å². The summed E-state index contributed by atoms with van der Waals surface area (Å²) in [4.78, 5) is 22.1. The number of halogens is 3. The topological polar surface area (TPSA) is 107 Å². The van der Waals surface area contributed by atoms with Crippen LogP contribution in [-0.4, -0.2) is 23.7 Å². The van der Waals surface area contributed by atoms with Crippen molar-refractivity contribution in [1.29, 1.82) is 0 Å². The van der Waals surface area contributed by atoms with Crippen molar-refractivity contribution in [3.8, 4) is 17.1 Å². The van der Waals surface area contributed by atoms with Crippen LogP contribution in [0.1, 0.15) is 5.76 Å². The Kier molecular flexibility index (Phi) is 6.94. The second-order valence-corrected chi connectivity index (χ2v) is 7.03. The van der Waals surface area contributed by atoms with Gasteiger partial charge in [-0.3, -0.25) is 14.9 Å². The van der Waals surface area contributed by atoms with E-state index in [0.29, 0.717) is 27.1 Å². The molecule has 0 unspecified atom stereocenters. The van der Waals surface area contributed by atoms with Crippen LogP contribution in [0.5, 0.6) is 5.75 Å². The van der Waals surface area contributed by atoms with Crippen LogP contribution in [0.25, 0.3) is 11.3 Å². The summed E-state index contributed by atoms with van der Waals surface area (Å²) in [6.07, 6.45) is 1.28. The Balaban J connectivity index is 1.57. The van der Waals surface area contributed by atoms with E-state index in [0.717, 1.165) is 0 Å². The molecule has 3 aromatic rings. The van der Waals surface area contributed by atoms with Gasteiger partial charge in [0.05, 0.1) is 21.2 Å². The fourth-order valence-corrected chi connectivity index (χ4v) is 2.92. The molecule has 0 aliphatic carbocycles. The molecule has 1 heterocycles. The lowest BCUT2D eigenvalue weighted by Crippen LogP contribution is -2.24. The number of hydrazone groups is 1. The Hall–Kier alpha value is -3.07.